The topological polar surface area (TPSA) is 61.8 Å². The molecule has 13 heavy (non-hydrogen) atoms. The first-order valence-corrected chi connectivity index (χ1v) is 4.07. The molecule has 5 nitrogen and oxygen atoms in total. The van der Waals surface area contributed by atoms with Crippen molar-refractivity contribution in [2.45, 2.75) is 26.4 Å². The Bertz CT molecular complexity index is 131. The molecule has 0 aromatic rings. The average molecular weight is 190 g/mol. The van der Waals surface area contributed by atoms with E-state index in [-0.39, 0.29) is 0 Å². The molecule has 2 unspecified atom stereocenters. The number of hydrogen-bond donors (Lipinski definition) is 0. The van der Waals surface area contributed by atoms with Crippen molar-refractivity contribution in [1.82, 2.24) is 0 Å². The lowest BCUT2D eigenvalue weighted by atomic mass is 10.6. The summed E-state index contributed by atoms with van der Waals surface area (Å²) >= 11 is 0. The molecule has 5 heteroatoms. The molecule has 0 heterocycles. The van der Waals surface area contributed by atoms with Crippen LogP contribution in [0.1, 0.15) is 13.8 Å². The Morgan fingerprint density at radius 2 is 1.38 bits per heavy atom. The van der Waals surface area contributed by atoms with E-state index in [1.165, 1.54) is 0 Å². The highest BCUT2D eigenvalue weighted by atomic mass is 16.8. The molecular weight excluding hydrogens is 176 g/mol. The van der Waals surface area contributed by atoms with E-state index in [2.05, 4.69) is 0 Å². The fourth-order valence-corrected chi connectivity index (χ4v) is 0.682. The van der Waals surface area contributed by atoms with Crippen LogP contribution in [-0.4, -0.2) is 38.4 Å². The third kappa shape index (κ3) is 5.46. The Morgan fingerprint density at radius 3 is 1.62 bits per heavy atom. The first-order chi connectivity index (χ1) is 6.28. The minimum absolute atomic E-state index is 0.334. The summed E-state index contributed by atoms with van der Waals surface area (Å²) < 4.78 is 14.5. The van der Waals surface area contributed by atoms with Crippen molar-refractivity contribution in [1.29, 1.82) is 0 Å². The third-order valence-electron chi connectivity index (χ3n) is 1.15. The maximum Gasteiger partial charge on any atom is 0.217 e. The molecule has 0 aromatic carbocycles. The predicted molar refractivity (Wildman–Crippen MR) is 44.0 cm³/mol. The van der Waals surface area contributed by atoms with Gasteiger partial charge in [0.15, 0.2) is 12.6 Å². The van der Waals surface area contributed by atoms with Gasteiger partial charge in [0.1, 0.15) is 0 Å². The molecule has 0 aromatic heterocycles. The Hall–Kier alpha value is -0.780. The summed E-state index contributed by atoms with van der Waals surface area (Å²) in [6.07, 6.45) is -1.13. The second-order valence-electron chi connectivity index (χ2n) is 2.06. The molecule has 0 aliphatic heterocycles. The van der Waals surface area contributed by atoms with Gasteiger partial charge in [0.25, 0.3) is 0 Å². The average Bonchev–Trinajstić information content (AvgIpc) is 2.16. The summed E-state index contributed by atoms with van der Waals surface area (Å²) in [4.78, 5) is 20.7. The molecular formula is C8H14O5. The van der Waals surface area contributed by atoms with Gasteiger partial charge in [-0.1, -0.05) is 0 Å². The van der Waals surface area contributed by atoms with Gasteiger partial charge in [-0.3, -0.25) is 9.59 Å². The molecule has 0 saturated heterocycles. The van der Waals surface area contributed by atoms with Crippen LogP contribution in [0.2, 0.25) is 0 Å². The maximum absolute atomic E-state index is 10.3. The first kappa shape index (κ1) is 12.2. The lowest BCUT2D eigenvalue weighted by Crippen LogP contribution is -2.29. The van der Waals surface area contributed by atoms with Gasteiger partial charge in [-0.2, -0.15) is 0 Å². The molecule has 0 amide bonds. The van der Waals surface area contributed by atoms with Gasteiger partial charge in [-0.05, 0) is 13.8 Å². The zero-order chi connectivity index (χ0) is 10.1. The summed E-state index contributed by atoms with van der Waals surface area (Å²) in [5.74, 6) is 0. The molecule has 0 rings (SSSR count). The van der Waals surface area contributed by atoms with E-state index in [1.807, 2.05) is 0 Å². The number of rotatable bonds is 8. The Kier molecular flexibility index (Phi) is 7.38. The first-order valence-electron chi connectivity index (χ1n) is 4.07. The molecule has 0 saturated carbocycles. The number of hydrogen-bond acceptors (Lipinski definition) is 5. The zero-order valence-corrected chi connectivity index (χ0v) is 7.76. The molecule has 0 radical (unpaired) electrons. The molecule has 2 atom stereocenters. The molecule has 0 N–H and O–H groups in total. The number of ether oxygens (including phenoxy) is 3. The normalized spacial score (nSPS) is 14.9. The van der Waals surface area contributed by atoms with Crippen LogP contribution in [0.15, 0.2) is 0 Å². The summed E-state index contributed by atoms with van der Waals surface area (Å²) in [7, 11) is 0. The fourth-order valence-electron chi connectivity index (χ4n) is 0.682. The standard InChI is InChI=1S/C8H14O5/c1-3-11-7(5-9)13-8(6-10)12-4-2/h5-8H,3-4H2,1-2H3. The fraction of sp³-hybridized carbons (Fsp3) is 0.750. The number of carbonyl (C=O) groups excluding carboxylic acids is 2. The highest BCUT2D eigenvalue weighted by molar-refractivity contribution is 5.57. The number of carbonyl (C=O) groups is 2. The van der Waals surface area contributed by atoms with Gasteiger partial charge in [-0.25, -0.2) is 0 Å². The van der Waals surface area contributed by atoms with Crippen molar-refractivity contribution in [3.05, 3.63) is 0 Å². The van der Waals surface area contributed by atoms with E-state index < -0.39 is 12.6 Å². The van der Waals surface area contributed by atoms with Crippen molar-refractivity contribution in [2.24, 2.45) is 0 Å². The van der Waals surface area contributed by atoms with Gasteiger partial charge < -0.3 is 14.2 Å². The van der Waals surface area contributed by atoms with Gasteiger partial charge >= 0.3 is 0 Å². The van der Waals surface area contributed by atoms with Crippen molar-refractivity contribution in [3.63, 3.8) is 0 Å². The van der Waals surface area contributed by atoms with E-state index in [9.17, 15) is 9.59 Å². The molecule has 0 spiro atoms. The van der Waals surface area contributed by atoms with Crippen LogP contribution in [0.5, 0.6) is 0 Å². The highest BCUT2D eigenvalue weighted by Crippen LogP contribution is 1.98. The third-order valence-corrected chi connectivity index (χ3v) is 1.15. The summed E-state index contributed by atoms with van der Waals surface area (Å²) in [6.45, 7) is 4.11. The van der Waals surface area contributed by atoms with Crippen LogP contribution in [0.25, 0.3) is 0 Å². The highest BCUT2D eigenvalue weighted by Gasteiger charge is 2.14. The van der Waals surface area contributed by atoms with Crippen LogP contribution in [-0.2, 0) is 23.8 Å². The van der Waals surface area contributed by atoms with E-state index in [4.69, 9.17) is 14.2 Å². The van der Waals surface area contributed by atoms with E-state index in [0.29, 0.717) is 25.8 Å². The van der Waals surface area contributed by atoms with E-state index in [0.717, 1.165) is 0 Å². The van der Waals surface area contributed by atoms with Gasteiger partial charge in [-0.15, -0.1) is 0 Å². The van der Waals surface area contributed by atoms with Crippen LogP contribution in [0.3, 0.4) is 0 Å². The van der Waals surface area contributed by atoms with Crippen LogP contribution < -0.4 is 0 Å². The van der Waals surface area contributed by atoms with Crippen molar-refractivity contribution in [2.75, 3.05) is 13.2 Å². The molecule has 0 fully saturated rings. The molecule has 76 valence electrons. The molecule has 0 aliphatic rings. The summed E-state index contributed by atoms with van der Waals surface area (Å²) in [5.41, 5.74) is 0. The van der Waals surface area contributed by atoms with Crippen LogP contribution in [0.4, 0.5) is 0 Å². The minimum Gasteiger partial charge on any atom is -0.346 e. The summed E-state index contributed by atoms with van der Waals surface area (Å²) in [5, 5.41) is 0. The zero-order valence-electron chi connectivity index (χ0n) is 7.76. The molecule has 0 aliphatic carbocycles. The lowest BCUT2D eigenvalue weighted by molar-refractivity contribution is -0.221. The SMILES string of the molecule is CCOC(C=O)OC(C=O)OCC. The maximum atomic E-state index is 10.3. The van der Waals surface area contributed by atoms with E-state index in [1.54, 1.807) is 13.8 Å². The van der Waals surface area contributed by atoms with Gasteiger partial charge in [0, 0.05) is 13.2 Å². The van der Waals surface area contributed by atoms with Crippen molar-refractivity contribution in [3.8, 4) is 0 Å². The van der Waals surface area contributed by atoms with Crippen LogP contribution >= 0.6 is 0 Å². The van der Waals surface area contributed by atoms with E-state index >= 15 is 0 Å². The largest absolute Gasteiger partial charge is 0.346 e. The Morgan fingerprint density at radius 1 is 1.00 bits per heavy atom. The number of aldehydes is 2. The van der Waals surface area contributed by atoms with Gasteiger partial charge in [0.05, 0.1) is 0 Å². The Labute approximate surface area is 77.0 Å². The predicted octanol–water partition coefficient (Wildman–Crippen LogP) is 0.126. The smallest absolute Gasteiger partial charge is 0.217 e. The van der Waals surface area contributed by atoms with Crippen molar-refractivity contribution < 1.29 is 23.8 Å². The molecule has 0 bridgehead atoms. The second kappa shape index (κ2) is 7.85. The van der Waals surface area contributed by atoms with Crippen LogP contribution in [0, 0.1) is 0 Å². The van der Waals surface area contributed by atoms with Gasteiger partial charge in [0.2, 0.25) is 12.6 Å². The quantitative estimate of drug-likeness (QED) is 0.402. The lowest BCUT2D eigenvalue weighted by Gasteiger charge is -2.16. The van der Waals surface area contributed by atoms with Crippen molar-refractivity contribution >= 4 is 12.6 Å². The summed E-state index contributed by atoms with van der Waals surface area (Å²) in [6, 6.07) is 0. The Balaban J connectivity index is 3.86. The minimum atomic E-state index is -1.04. The monoisotopic (exact) mass is 190 g/mol. The second-order valence-corrected chi connectivity index (χ2v) is 2.06.